The Morgan fingerprint density at radius 3 is 1.50 bits per heavy atom. The summed E-state index contributed by atoms with van der Waals surface area (Å²) in [5.41, 5.74) is 1.96. The van der Waals surface area contributed by atoms with E-state index in [0.29, 0.717) is 0 Å². The molecule has 30 heavy (non-hydrogen) atoms. The second kappa shape index (κ2) is 22.1. The van der Waals surface area contributed by atoms with E-state index in [1.54, 1.807) is 0 Å². The van der Waals surface area contributed by atoms with E-state index in [9.17, 15) is 0 Å². The van der Waals surface area contributed by atoms with Crippen LogP contribution in [0.2, 0.25) is 6.55 Å². The molecule has 0 N–H and O–H groups in total. The summed E-state index contributed by atoms with van der Waals surface area (Å²) in [7, 11) is -2.20. The Labute approximate surface area is 191 Å². The van der Waals surface area contributed by atoms with Gasteiger partial charge in [-0.3, -0.25) is 0 Å². The van der Waals surface area contributed by atoms with E-state index in [2.05, 4.69) is 33.9 Å². The van der Waals surface area contributed by atoms with Crippen LogP contribution in [0.1, 0.15) is 143 Å². The van der Waals surface area contributed by atoms with Gasteiger partial charge in [-0.05, 0) is 32.0 Å². The third-order valence-electron chi connectivity index (χ3n) is 6.16. The van der Waals surface area contributed by atoms with Crippen molar-refractivity contribution in [2.24, 2.45) is 0 Å². The van der Waals surface area contributed by atoms with E-state index < -0.39 is 8.56 Å². The molecule has 2 nitrogen and oxygen atoms in total. The first-order valence-corrected chi connectivity index (χ1v) is 15.9. The minimum atomic E-state index is -2.20. The molecule has 0 aromatic carbocycles. The lowest BCUT2D eigenvalue weighted by Gasteiger charge is -2.27. The van der Waals surface area contributed by atoms with Gasteiger partial charge in [0, 0.05) is 12.7 Å². The van der Waals surface area contributed by atoms with Gasteiger partial charge in [-0.25, -0.2) is 0 Å². The fourth-order valence-corrected chi connectivity index (χ4v) is 5.78. The van der Waals surface area contributed by atoms with Gasteiger partial charge in [0.25, 0.3) is 0 Å². The van der Waals surface area contributed by atoms with Crippen LogP contribution in [0.5, 0.6) is 0 Å². The van der Waals surface area contributed by atoms with Gasteiger partial charge < -0.3 is 8.85 Å². The highest BCUT2D eigenvalue weighted by molar-refractivity contribution is 6.71. The van der Waals surface area contributed by atoms with E-state index in [1.165, 1.54) is 109 Å². The van der Waals surface area contributed by atoms with Gasteiger partial charge in [0.15, 0.2) is 0 Å². The van der Waals surface area contributed by atoms with E-state index in [1.807, 2.05) is 5.70 Å². The summed E-state index contributed by atoms with van der Waals surface area (Å²) < 4.78 is 12.5. The lowest BCUT2D eigenvalue weighted by Crippen LogP contribution is -2.40. The molecule has 0 spiro atoms. The van der Waals surface area contributed by atoms with Crippen LogP contribution in [0.15, 0.2) is 12.3 Å². The fraction of sp³-hybridized carbons (Fsp3) is 0.926. The largest absolute Gasteiger partial charge is 0.391 e. The Balaban J connectivity index is 3.52. The third kappa shape index (κ3) is 19.8. The second-order valence-electron chi connectivity index (χ2n) is 9.44. The minimum absolute atomic E-state index is 0.285. The summed E-state index contributed by atoms with van der Waals surface area (Å²) in [5.74, 6) is 0. The van der Waals surface area contributed by atoms with Gasteiger partial charge in [0.2, 0.25) is 0 Å². The molecule has 0 aromatic heterocycles. The highest BCUT2D eigenvalue weighted by Gasteiger charge is 2.29. The van der Waals surface area contributed by atoms with Crippen molar-refractivity contribution >= 4 is 8.56 Å². The van der Waals surface area contributed by atoms with Gasteiger partial charge in [0.05, 0.1) is 0 Å². The summed E-state index contributed by atoms with van der Waals surface area (Å²) >= 11 is 0. The normalized spacial score (nSPS) is 14.5. The van der Waals surface area contributed by atoms with Crippen LogP contribution in [0.3, 0.4) is 0 Å². The highest BCUT2D eigenvalue weighted by Crippen LogP contribution is 2.17. The SMILES string of the molecule is C=C[Si](C)(OCCCCCCCCCCCCCCCC)OC(C)CCCCCC. The molecule has 0 fully saturated rings. The zero-order valence-corrected chi connectivity index (χ0v) is 22.3. The quantitative estimate of drug-likeness (QED) is 0.110. The molecular weight excluding hydrogens is 384 g/mol. The van der Waals surface area contributed by atoms with Gasteiger partial charge >= 0.3 is 8.56 Å². The molecule has 0 rings (SSSR count). The Kier molecular flexibility index (Phi) is 22.0. The van der Waals surface area contributed by atoms with Gasteiger partial charge in [-0.1, -0.05) is 123 Å². The van der Waals surface area contributed by atoms with Crippen LogP contribution >= 0.6 is 0 Å². The van der Waals surface area contributed by atoms with Gasteiger partial charge in [0.1, 0.15) is 0 Å². The lowest BCUT2D eigenvalue weighted by molar-refractivity contribution is 0.126. The lowest BCUT2D eigenvalue weighted by atomic mass is 10.0. The van der Waals surface area contributed by atoms with Crippen LogP contribution in [-0.2, 0) is 8.85 Å². The Morgan fingerprint density at radius 1 is 0.667 bits per heavy atom. The maximum Gasteiger partial charge on any atom is 0.361 e. The van der Waals surface area contributed by atoms with Crippen LogP contribution < -0.4 is 0 Å². The van der Waals surface area contributed by atoms with E-state index in [4.69, 9.17) is 8.85 Å². The molecule has 2 unspecified atom stereocenters. The summed E-state index contributed by atoms with van der Waals surface area (Å²) in [4.78, 5) is 0. The minimum Gasteiger partial charge on any atom is -0.391 e. The summed E-state index contributed by atoms with van der Waals surface area (Å²) in [6.45, 7) is 13.7. The molecule has 180 valence electrons. The standard InChI is InChI=1S/C27H56O2Si/c1-6-9-11-13-14-15-16-17-18-19-20-21-22-24-26-28-30(5,8-3)29-27(4)25-23-12-10-7-2/h8,27H,3,6-7,9-26H2,1-2,4-5H3. The first kappa shape index (κ1) is 29.9. The molecule has 0 aliphatic rings. The molecule has 2 atom stereocenters. The molecule has 0 aliphatic carbocycles. The molecule has 0 bridgehead atoms. The average molecular weight is 441 g/mol. The van der Waals surface area contributed by atoms with Crippen LogP contribution in [0, 0.1) is 0 Å². The topological polar surface area (TPSA) is 18.5 Å². The first-order chi connectivity index (χ1) is 14.6. The smallest absolute Gasteiger partial charge is 0.361 e. The van der Waals surface area contributed by atoms with Crippen molar-refractivity contribution < 1.29 is 8.85 Å². The van der Waals surface area contributed by atoms with Crippen molar-refractivity contribution in [2.75, 3.05) is 6.61 Å². The fourth-order valence-electron chi connectivity index (χ4n) is 4.03. The zero-order chi connectivity index (χ0) is 22.3. The summed E-state index contributed by atoms with van der Waals surface area (Å²) in [5, 5.41) is 0. The number of hydrogen-bond donors (Lipinski definition) is 0. The molecule has 0 heterocycles. The van der Waals surface area contributed by atoms with Gasteiger partial charge in [-0.2, -0.15) is 0 Å². The maximum absolute atomic E-state index is 6.29. The Hall–Kier alpha value is -0.123. The number of hydrogen-bond acceptors (Lipinski definition) is 2. The summed E-state index contributed by atoms with van der Waals surface area (Å²) in [6, 6.07) is 0. The van der Waals surface area contributed by atoms with E-state index >= 15 is 0 Å². The first-order valence-electron chi connectivity index (χ1n) is 13.5. The van der Waals surface area contributed by atoms with Crippen molar-refractivity contribution in [3.05, 3.63) is 12.3 Å². The van der Waals surface area contributed by atoms with E-state index in [0.717, 1.165) is 19.4 Å². The third-order valence-corrected chi connectivity index (χ3v) is 8.55. The molecule has 3 heteroatoms. The molecule has 0 radical (unpaired) electrons. The number of rotatable bonds is 24. The van der Waals surface area contributed by atoms with Crippen molar-refractivity contribution in [2.45, 2.75) is 155 Å². The average Bonchev–Trinajstić information content (AvgIpc) is 2.74. The molecule has 0 aromatic rings. The van der Waals surface area contributed by atoms with Gasteiger partial charge in [-0.15, -0.1) is 6.58 Å². The molecule has 0 saturated heterocycles. The van der Waals surface area contributed by atoms with Crippen molar-refractivity contribution in [3.8, 4) is 0 Å². The van der Waals surface area contributed by atoms with Crippen LogP contribution in [0.4, 0.5) is 0 Å². The van der Waals surface area contributed by atoms with Crippen molar-refractivity contribution in [3.63, 3.8) is 0 Å². The van der Waals surface area contributed by atoms with E-state index in [-0.39, 0.29) is 6.10 Å². The van der Waals surface area contributed by atoms with Crippen molar-refractivity contribution in [1.82, 2.24) is 0 Å². The summed E-state index contributed by atoms with van der Waals surface area (Å²) in [6.07, 6.45) is 26.1. The van der Waals surface area contributed by atoms with Crippen LogP contribution in [-0.4, -0.2) is 21.3 Å². The zero-order valence-electron chi connectivity index (χ0n) is 21.3. The molecule has 0 aliphatic heterocycles. The predicted molar refractivity (Wildman–Crippen MR) is 137 cm³/mol. The van der Waals surface area contributed by atoms with Crippen LogP contribution in [0.25, 0.3) is 0 Å². The maximum atomic E-state index is 6.29. The molecular formula is C27H56O2Si. The second-order valence-corrected chi connectivity index (χ2v) is 12.4. The Bertz CT molecular complexity index is 361. The number of unbranched alkanes of at least 4 members (excludes halogenated alkanes) is 16. The predicted octanol–water partition coefficient (Wildman–Crippen LogP) is 9.66. The molecule has 0 saturated carbocycles. The highest BCUT2D eigenvalue weighted by atomic mass is 28.4. The molecule has 0 amide bonds. The Morgan fingerprint density at radius 2 is 1.07 bits per heavy atom. The monoisotopic (exact) mass is 440 g/mol. The van der Waals surface area contributed by atoms with Crippen molar-refractivity contribution in [1.29, 1.82) is 0 Å².